The SMILES string of the molecule is CC(C)CCNCc1ccc(Oc2cc(F)ccc2C#N)cc1. The van der Waals surface area contributed by atoms with Crippen LogP contribution in [0.3, 0.4) is 0 Å². The lowest BCUT2D eigenvalue weighted by Crippen LogP contribution is -2.16. The van der Waals surface area contributed by atoms with Crippen LogP contribution in [0.25, 0.3) is 0 Å². The van der Waals surface area contributed by atoms with Crippen LogP contribution >= 0.6 is 0 Å². The first-order valence-corrected chi connectivity index (χ1v) is 7.75. The molecule has 0 bridgehead atoms. The first kappa shape index (κ1) is 17.0. The molecule has 0 aliphatic heterocycles. The first-order valence-electron chi connectivity index (χ1n) is 7.75. The van der Waals surface area contributed by atoms with Gasteiger partial charge in [-0.05, 0) is 48.7 Å². The van der Waals surface area contributed by atoms with Crippen molar-refractivity contribution in [2.45, 2.75) is 26.8 Å². The van der Waals surface area contributed by atoms with Gasteiger partial charge in [0.25, 0.3) is 0 Å². The fourth-order valence-corrected chi connectivity index (χ4v) is 2.10. The Bertz CT molecular complexity index is 675. The molecule has 1 N–H and O–H groups in total. The van der Waals surface area contributed by atoms with Crippen molar-refractivity contribution in [3.8, 4) is 17.6 Å². The second-order valence-electron chi connectivity index (χ2n) is 5.86. The number of hydrogen-bond donors (Lipinski definition) is 1. The normalized spacial score (nSPS) is 10.6. The Kier molecular flexibility index (Phi) is 6.13. The van der Waals surface area contributed by atoms with Crippen LogP contribution in [-0.4, -0.2) is 6.54 Å². The average Bonchev–Trinajstić information content (AvgIpc) is 2.53. The summed E-state index contributed by atoms with van der Waals surface area (Å²) in [6, 6.07) is 13.5. The largest absolute Gasteiger partial charge is 0.456 e. The van der Waals surface area contributed by atoms with Gasteiger partial charge < -0.3 is 10.1 Å². The monoisotopic (exact) mass is 312 g/mol. The van der Waals surface area contributed by atoms with E-state index in [1.54, 1.807) is 0 Å². The molecule has 120 valence electrons. The highest BCUT2D eigenvalue weighted by Crippen LogP contribution is 2.26. The van der Waals surface area contributed by atoms with E-state index in [0.717, 1.165) is 25.1 Å². The van der Waals surface area contributed by atoms with Crippen LogP contribution in [0, 0.1) is 23.1 Å². The van der Waals surface area contributed by atoms with Crippen molar-refractivity contribution in [3.63, 3.8) is 0 Å². The molecule has 0 saturated heterocycles. The molecule has 2 rings (SSSR count). The van der Waals surface area contributed by atoms with Crippen molar-refractivity contribution >= 4 is 0 Å². The number of nitrogens with zero attached hydrogens (tertiary/aromatic N) is 1. The van der Waals surface area contributed by atoms with Crippen LogP contribution in [0.1, 0.15) is 31.4 Å². The number of benzene rings is 2. The molecule has 23 heavy (non-hydrogen) atoms. The first-order chi connectivity index (χ1) is 11.1. The Balaban J connectivity index is 1.95. The molecule has 0 unspecified atom stereocenters. The summed E-state index contributed by atoms with van der Waals surface area (Å²) in [6.07, 6.45) is 1.15. The quantitative estimate of drug-likeness (QED) is 0.758. The maximum absolute atomic E-state index is 13.3. The van der Waals surface area contributed by atoms with Gasteiger partial charge in [0.1, 0.15) is 23.4 Å². The average molecular weight is 312 g/mol. The van der Waals surface area contributed by atoms with Gasteiger partial charge >= 0.3 is 0 Å². The minimum absolute atomic E-state index is 0.232. The van der Waals surface area contributed by atoms with Crippen molar-refractivity contribution in [2.24, 2.45) is 5.92 Å². The highest BCUT2D eigenvalue weighted by atomic mass is 19.1. The van der Waals surface area contributed by atoms with Gasteiger partial charge in [-0.15, -0.1) is 0 Å². The van der Waals surface area contributed by atoms with Crippen molar-refractivity contribution in [1.82, 2.24) is 5.32 Å². The third kappa shape index (κ3) is 5.39. The summed E-state index contributed by atoms with van der Waals surface area (Å²) in [4.78, 5) is 0. The molecule has 2 aromatic rings. The second-order valence-corrected chi connectivity index (χ2v) is 5.86. The fraction of sp³-hybridized carbons (Fsp3) is 0.316. The van der Waals surface area contributed by atoms with Gasteiger partial charge in [0, 0.05) is 12.6 Å². The van der Waals surface area contributed by atoms with Crippen LogP contribution in [0.15, 0.2) is 42.5 Å². The maximum Gasteiger partial charge on any atom is 0.148 e. The molecule has 0 amide bonds. The van der Waals surface area contributed by atoms with E-state index in [4.69, 9.17) is 10.00 Å². The van der Waals surface area contributed by atoms with Crippen LogP contribution in [0.2, 0.25) is 0 Å². The molecule has 0 aromatic heterocycles. The molecular formula is C19H21FN2O. The van der Waals surface area contributed by atoms with Gasteiger partial charge in [0.15, 0.2) is 0 Å². The lowest BCUT2D eigenvalue weighted by atomic mass is 10.1. The van der Waals surface area contributed by atoms with Crippen molar-refractivity contribution in [3.05, 3.63) is 59.4 Å². The zero-order valence-corrected chi connectivity index (χ0v) is 13.5. The summed E-state index contributed by atoms with van der Waals surface area (Å²) in [7, 11) is 0. The molecule has 4 heteroatoms. The van der Waals surface area contributed by atoms with Gasteiger partial charge in [-0.1, -0.05) is 26.0 Å². The molecule has 0 spiro atoms. The maximum atomic E-state index is 13.3. The van der Waals surface area contributed by atoms with Crippen molar-refractivity contribution in [2.75, 3.05) is 6.54 Å². The zero-order chi connectivity index (χ0) is 16.7. The van der Waals surface area contributed by atoms with Gasteiger partial charge in [0.05, 0.1) is 5.56 Å². The van der Waals surface area contributed by atoms with Crippen molar-refractivity contribution < 1.29 is 9.13 Å². The summed E-state index contributed by atoms with van der Waals surface area (Å²) in [5.74, 6) is 1.08. The van der Waals surface area contributed by atoms with E-state index < -0.39 is 5.82 Å². The van der Waals surface area contributed by atoms with Gasteiger partial charge in [0.2, 0.25) is 0 Å². The van der Waals surface area contributed by atoms with Gasteiger partial charge in [-0.25, -0.2) is 4.39 Å². The molecule has 0 aliphatic rings. The number of nitrogens with one attached hydrogen (secondary N) is 1. The highest BCUT2D eigenvalue weighted by Gasteiger charge is 2.06. The Labute approximate surface area is 136 Å². The standard InChI is InChI=1S/C19H21FN2O/c1-14(2)9-10-22-13-15-3-7-18(8-4-15)23-19-11-17(20)6-5-16(19)12-21/h3-8,11,14,22H,9-10,13H2,1-2H3. The number of nitriles is 1. The van der Waals surface area contributed by atoms with Crippen LogP contribution in [0.4, 0.5) is 4.39 Å². The number of hydrogen-bond acceptors (Lipinski definition) is 3. The zero-order valence-electron chi connectivity index (χ0n) is 13.5. The fourth-order valence-electron chi connectivity index (χ4n) is 2.10. The van der Waals surface area contributed by atoms with E-state index in [0.29, 0.717) is 17.2 Å². The third-order valence-corrected chi connectivity index (χ3v) is 3.44. The Morgan fingerprint density at radius 3 is 2.57 bits per heavy atom. The summed E-state index contributed by atoms with van der Waals surface area (Å²) in [5.41, 5.74) is 1.46. The minimum atomic E-state index is -0.426. The summed E-state index contributed by atoms with van der Waals surface area (Å²) in [6.45, 7) is 6.20. The predicted molar refractivity (Wildman–Crippen MR) is 88.8 cm³/mol. The van der Waals surface area contributed by atoms with E-state index in [1.165, 1.54) is 18.2 Å². The number of ether oxygens (including phenoxy) is 1. The summed E-state index contributed by atoms with van der Waals surface area (Å²) in [5, 5.41) is 12.4. The van der Waals surface area contributed by atoms with E-state index in [1.807, 2.05) is 30.3 Å². The van der Waals surface area contributed by atoms with Crippen LogP contribution in [0.5, 0.6) is 11.5 Å². The number of rotatable bonds is 7. The Hall–Kier alpha value is -2.38. The third-order valence-electron chi connectivity index (χ3n) is 3.44. The molecule has 0 saturated carbocycles. The predicted octanol–water partition coefficient (Wildman–Crippen LogP) is 4.63. The highest BCUT2D eigenvalue weighted by molar-refractivity contribution is 5.45. The van der Waals surface area contributed by atoms with E-state index in [-0.39, 0.29) is 5.75 Å². The number of halogens is 1. The van der Waals surface area contributed by atoms with Crippen molar-refractivity contribution in [1.29, 1.82) is 5.26 Å². The molecule has 0 radical (unpaired) electrons. The Morgan fingerprint density at radius 1 is 1.17 bits per heavy atom. The van der Waals surface area contributed by atoms with Crippen LogP contribution < -0.4 is 10.1 Å². The molecule has 0 aliphatic carbocycles. The topological polar surface area (TPSA) is 45.0 Å². The second kappa shape index (κ2) is 8.30. The summed E-state index contributed by atoms with van der Waals surface area (Å²) >= 11 is 0. The molecular weight excluding hydrogens is 291 g/mol. The smallest absolute Gasteiger partial charge is 0.148 e. The van der Waals surface area contributed by atoms with Crippen LogP contribution in [-0.2, 0) is 6.54 Å². The van der Waals surface area contributed by atoms with E-state index in [2.05, 4.69) is 19.2 Å². The molecule has 2 aromatic carbocycles. The van der Waals surface area contributed by atoms with Gasteiger partial charge in [-0.3, -0.25) is 0 Å². The van der Waals surface area contributed by atoms with E-state index in [9.17, 15) is 4.39 Å². The molecule has 0 atom stereocenters. The lowest BCUT2D eigenvalue weighted by Gasteiger charge is -2.09. The minimum Gasteiger partial charge on any atom is -0.456 e. The molecule has 0 fully saturated rings. The van der Waals surface area contributed by atoms with E-state index >= 15 is 0 Å². The van der Waals surface area contributed by atoms with Gasteiger partial charge in [-0.2, -0.15) is 5.26 Å². The lowest BCUT2D eigenvalue weighted by molar-refractivity contribution is 0.474. The molecule has 3 nitrogen and oxygen atoms in total. The molecule has 0 heterocycles. The summed E-state index contributed by atoms with van der Waals surface area (Å²) < 4.78 is 18.9. The Morgan fingerprint density at radius 2 is 1.91 bits per heavy atom.